The smallest absolute Gasteiger partial charge is 0.251 e. The van der Waals surface area contributed by atoms with Gasteiger partial charge in [-0.3, -0.25) is 9.59 Å². The number of benzene rings is 1. The highest BCUT2D eigenvalue weighted by molar-refractivity contribution is 6.31. The molecule has 0 radical (unpaired) electrons. The fraction of sp³-hybridized carbons (Fsp3) is 0.333. The minimum atomic E-state index is -0.373. The van der Waals surface area contributed by atoms with Crippen LogP contribution in [0.2, 0.25) is 5.02 Å². The third-order valence-electron chi connectivity index (χ3n) is 2.48. The molecule has 0 saturated carbocycles. The van der Waals surface area contributed by atoms with E-state index in [4.69, 9.17) is 17.3 Å². The topological polar surface area (TPSA) is 75.4 Å². The first kappa shape index (κ1) is 14.3. The zero-order valence-corrected chi connectivity index (χ0v) is 11.1. The van der Waals surface area contributed by atoms with Crippen molar-refractivity contribution < 1.29 is 9.59 Å². The number of nitrogens with one attached hydrogen (secondary N) is 1. The number of carbonyl (C=O) groups is 2. The van der Waals surface area contributed by atoms with Crippen LogP contribution in [-0.2, 0) is 4.79 Å². The molecular formula is C12H16ClN3O2. The lowest BCUT2D eigenvalue weighted by atomic mass is 10.2. The molecule has 6 heteroatoms. The average Bonchev–Trinajstić information content (AvgIpc) is 2.33. The van der Waals surface area contributed by atoms with Gasteiger partial charge in [-0.15, -0.1) is 0 Å². The van der Waals surface area contributed by atoms with Gasteiger partial charge in [-0.2, -0.15) is 0 Å². The highest BCUT2D eigenvalue weighted by Gasteiger charge is 2.11. The first-order valence-corrected chi connectivity index (χ1v) is 5.90. The van der Waals surface area contributed by atoms with Crippen molar-refractivity contribution in [1.29, 1.82) is 0 Å². The molecular weight excluding hydrogens is 254 g/mol. The Kier molecular flexibility index (Phi) is 4.97. The normalized spacial score (nSPS) is 9.94. The second-order valence-electron chi connectivity index (χ2n) is 3.86. The van der Waals surface area contributed by atoms with Crippen molar-refractivity contribution in [2.24, 2.45) is 0 Å². The molecule has 0 heterocycles. The summed E-state index contributed by atoms with van der Waals surface area (Å²) >= 11 is 5.79. The largest absolute Gasteiger partial charge is 0.399 e. The summed E-state index contributed by atoms with van der Waals surface area (Å²) in [5, 5.41) is 2.91. The molecule has 98 valence electrons. The minimum absolute atomic E-state index is 0.0460. The lowest BCUT2D eigenvalue weighted by Gasteiger charge is -2.14. The molecule has 2 amide bonds. The molecule has 0 aliphatic heterocycles. The first-order chi connectivity index (χ1) is 8.43. The maximum absolute atomic E-state index is 11.8. The number of hydrogen-bond donors (Lipinski definition) is 2. The third-order valence-corrected chi connectivity index (χ3v) is 2.70. The second kappa shape index (κ2) is 6.26. The van der Waals surface area contributed by atoms with E-state index in [0.29, 0.717) is 22.8 Å². The molecule has 0 fully saturated rings. The Morgan fingerprint density at radius 1 is 1.39 bits per heavy atom. The summed E-state index contributed by atoms with van der Waals surface area (Å²) < 4.78 is 0. The Morgan fingerprint density at radius 3 is 2.61 bits per heavy atom. The number of carbonyl (C=O) groups excluding carboxylic acids is 2. The van der Waals surface area contributed by atoms with Gasteiger partial charge in [0.05, 0.1) is 6.54 Å². The van der Waals surface area contributed by atoms with Gasteiger partial charge in [0.1, 0.15) is 0 Å². The number of nitrogens with two attached hydrogens (primary N) is 1. The van der Waals surface area contributed by atoms with E-state index in [2.05, 4.69) is 5.32 Å². The molecule has 5 nitrogen and oxygen atoms in total. The van der Waals surface area contributed by atoms with E-state index in [1.165, 1.54) is 17.0 Å². The van der Waals surface area contributed by atoms with Gasteiger partial charge in [-0.1, -0.05) is 11.6 Å². The molecule has 3 N–H and O–H groups in total. The number of rotatable bonds is 4. The maximum Gasteiger partial charge on any atom is 0.251 e. The number of hydrogen-bond acceptors (Lipinski definition) is 3. The predicted molar refractivity (Wildman–Crippen MR) is 71.5 cm³/mol. The molecule has 18 heavy (non-hydrogen) atoms. The van der Waals surface area contributed by atoms with Crippen molar-refractivity contribution in [3.63, 3.8) is 0 Å². The van der Waals surface area contributed by atoms with E-state index in [1.807, 2.05) is 6.92 Å². The van der Waals surface area contributed by atoms with E-state index in [0.717, 1.165) is 0 Å². The van der Waals surface area contributed by atoms with Gasteiger partial charge >= 0.3 is 0 Å². The summed E-state index contributed by atoms with van der Waals surface area (Å²) in [5.41, 5.74) is 6.33. The zero-order chi connectivity index (χ0) is 13.7. The standard InChI is InChI=1S/C12H16ClN3O2/c1-3-16(2)11(17)7-15-12(18)8-4-9(13)6-10(14)5-8/h4-6H,3,7,14H2,1-2H3,(H,15,18). The van der Waals surface area contributed by atoms with Crippen LogP contribution in [0.4, 0.5) is 5.69 Å². The highest BCUT2D eigenvalue weighted by Crippen LogP contribution is 2.16. The van der Waals surface area contributed by atoms with Crippen molar-refractivity contribution in [2.75, 3.05) is 25.9 Å². The molecule has 0 atom stereocenters. The Hall–Kier alpha value is -1.75. The molecule has 1 rings (SSSR count). The van der Waals surface area contributed by atoms with Crippen LogP contribution < -0.4 is 11.1 Å². The Morgan fingerprint density at radius 2 is 2.06 bits per heavy atom. The summed E-state index contributed by atoms with van der Waals surface area (Å²) in [4.78, 5) is 24.8. The van der Waals surface area contributed by atoms with Crippen LogP contribution in [-0.4, -0.2) is 36.9 Å². The van der Waals surface area contributed by atoms with Gasteiger partial charge < -0.3 is 16.0 Å². The van der Waals surface area contributed by atoms with Crippen molar-refractivity contribution in [2.45, 2.75) is 6.92 Å². The summed E-state index contributed by atoms with van der Waals surface area (Å²) in [5.74, 6) is -0.525. The molecule has 0 spiro atoms. The van der Waals surface area contributed by atoms with Crippen LogP contribution >= 0.6 is 11.6 Å². The Bertz CT molecular complexity index is 442. The van der Waals surface area contributed by atoms with Gasteiger partial charge in [-0.25, -0.2) is 0 Å². The number of nitrogens with zero attached hydrogens (tertiary/aromatic N) is 1. The van der Waals surface area contributed by atoms with Crippen molar-refractivity contribution >= 4 is 29.1 Å². The fourth-order valence-corrected chi connectivity index (χ4v) is 1.56. The van der Waals surface area contributed by atoms with E-state index in [1.54, 1.807) is 13.1 Å². The molecule has 0 aliphatic rings. The summed E-state index contributed by atoms with van der Waals surface area (Å²) in [6.07, 6.45) is 0. The number of likely N-dealkylation sites (N-methyl/N-ethyl adjacent to an activating group) is 1. The quantitative estimate of drug-likeness (QED) is 0.805. The maximum atomic E-state index is 11.8. The second-order valence-corrected chi connectivity index (χ2v) is 4.30. The molecule has 0 unspecified atom stereocenters. The monoisotopic (exact) mass is 269 g/mol. The molecule has 0 saturated heterocycles. The van der Waals surface area contributed by atoms with Gasteiger partial charge in [0.2, 0.25) is 5.91 Å². The van der Waals surface area contributed by atoms with Gasteiger partial charge in [0.25, 0.3) is 5.91 Å². The minimum Gasteiger partial charge on any atom is -0.399 e. The van der Waals surface area contributed by atoms with Crippen LogP contribution in [0.1, 0.15) is 17.3 Å². The molecule has 0 bridgehead atoms. The number of anilines is 1. The average molecular weight is 270 g/mol. The number of nitrogen functional groups attached to an aromatic ring is 1. The van der Waals surface area contributed by atoms with Crippen molar-refractivity contribution in [1.82, 2.24) is 10.2 Å². The van der Waals surface area contributed by atoms with E-state index < -0.39 is 0 Å². The van der Waals surface area contributed by atoms with Gasteiger partial charge in [0, 0.05) is 29.9 Å². The van der Waals surface area contributed by atoms with Crippen LogP contribution in [0.3, 0.4) is 0 Å². The zero-order valence-electron chi connectivity index (χ0n) is 10.4. The number of amides is 2. The Balaban J connectivity index is 2.63. The highest BCUT2D eigenvalue weighted by atomic mass is 35.5. The van der Waals surface area contributed by atoms with Crippen LogP contribution in [0.15, 0.2) is 18.2 Å². The lowest BCUT2D eigenvalue weighted by molar-refractivity contribution is -0.128. The van der Waals surface area contributed by atoms with Gasteiger partial charge in [0.15, 0.2) is 0 Å². The number of halogens is 1. The van der Waals surface area contributed by atoms with Crippen molar-refractivity contribution in [3.05, 3.63) is 28.8 Å². The summed E-state index contributed by atoms with van der Waals surface area (Å²) in [7, 11) is 1.67. The molecule has 0 aromatic heterocycles. The van der Waals surface area contributed by atoms with Crippen LogP contribution in [0.25, 0.3) is 0 Å². The van der Waals surface area contributed by atoms with E-state index in [9.17, 15) is 9.59 Å². The SMILES string of the molecule is CCN(C)C(=O)CNC(=O)c1cc(N)cc(Cl)c1. The fourth-order valence-electron chi connectivity index (χ4n) is 1.31. The first-order valence-electron chi connectivity index (χ1n) is 5.52. The molecule has 1 aromatic rings. The van der Waals surface area contributed by atoms with E-state index >= 15 is 0 Å². The molecule has 1 aromatic carbocycles. The third kappa shape index (κ3) is 3.92. The molecule has 0 aliphatic carbocycles. The summed E-state index contributed by atoms with van der Waals surface area (Å²) in [6, 6.07) is 4.56. The van der Waals surface area contributed by atoms with Gasteiger partial charge in [-0.05, 0) is 25.1 Å². The van der Waals surface area contributed by atoms with E-state index in [-0.39, 0.29) is 18.4 Å². The lowest BCUT2D eigenvalue weighted by Crippen LogP contribution is -2.38. The van der Waals surface area contributed by atoms with Crippen molar-refractivity contribution in [3.8, 4) is 0 Å². The predicted octanol–water partition coefficient (Wildman–Crippen LogP) is 1.13. The Labute approximate surface area is 111 Å². The summed E-state index contributed by atoms with van der Waals surface area (Å²) in [6.45, 7) is 2.41. The van der Waals surface area contributed by atoms with Crippen LogP contribution in [0.5, 0.6) is 0 Å². The van der Waals surface area contributed by atoms with Crippen LogP contribution in [0, 0.1) is 0 Å².